The first-order valence-electron chi connectivity index (χ1n) is 9.69. The molecule has 3 heterocycles. The summed E-state index contributed by atoms with van der Waals surface area (Å²) in [7, 11) is 0. The summed E-state index contributed by atoms with van der Waals surface area (Å²) >= 11 is 0. The van der Waals surface area contributed by atoms with Gasteiger partial charge >= 0.3 is 0 Å². The predicted octanol–water partition coefficient (Wildman–Crippen LogP) is 3.32. The maximum atomic E-state index is 11.3. The molecule has 0 spiro atoms. The van der Waals surface area contributed by atoms with E-state index in [1.54, 1.807) is 12.3 Å². The highest BCUT2D eigenvalue weighted by Crippen LogP contribution is 2.30. The summed E-state index contributed by atoms with van der Waals surface area (Å²) in [4.78, 5) is 18.2. The molecule has 1 aliphatic heterocycles. The van der Waals surface area contributed by atoms with E-state index in [0.29, 0.717) is 6.54 Å². The van der Waals surface area contributed by atoms with Crippen molar-refractivity contribution < 1.29 is 4.92 Å². The van der Waals surface area contributed by atoms with Gasteiger partial charge < -0.3 is 5.32 Å². The van der Waals surface area contributed by atoms with Gasteiger partial charge in [0.25, 0.3) is 5.69 Å². The van der Waals surface area contributed by atoms with Gasteiger partial charge in [0, 0.05) is 31.3 Å². The first kappa shape index (κ1) is 18.6. The fourth-order valence-electron chi connectivity index (χ4n) is 3.91. The monoisotopic (exact) mass is 379 g/mol. The Kier molecular flexibility index (Phi) is 5.11. The lowest BCUT2D eigenvalue weighted by atomic mass is 10.0. The highest BCUT2D eigenvalue weighted by molar-refractivity contribution is 5.70. The molecule has 1 N–H and O–H groups in total. The molecule has 0 aliphatic carbocycles. The van der Waals surface area contributed by atoms with Crippen LogP contribution >= 0.6 is 0 Å². The molecule has 1 aliphatic rings. The van der Waals surface area contributed by atoms with E-state index >= 15 is 0 Å². The number of pyridine rings is 1. The molecule has 0 atom stereocenters. The van der Waals surface area contributed by atoms with Crippen molar-refractivity contribution in [1.29, 1.82) is 0 Å². The van der Waals surface area contributed by atoms with Gasteiger partial charge in [-0.3, -0.25) is 19.4 Å². The number of aryl methyl sites for hydroxylation is 2. The Morgan fingerprint density at radius 3 is 2.82 bits per heavy atom. The molecule has 4 rings (SSSR count). The van der Waals surface area contributed by atoms with E-state index in [2.05, 4.69) is 42.3 Å². The van der Waals surface area contributed by atoms with Gasteiger partial charge in [-0.05, 0) is 45.0 Å². The van der Waals surface area contributed by atoms with E-state index in [9.17, 15) is 10.1 Å². The van der Waals surface area contributed by atoms with Crippen LogP contribution in [-0.4, -0.2) is 45.4 Å². The molecule has 0 bridgehead atoms. The Hall–Kier alpha value is -2.77. The Balaban J connectivity index is 1.86. The van der Waals surface area contributed by atoms with Crippen LogP contribution in [0.2, 0.25) is 0 Å². The topological polar surface area (TPSA) is 75.7 Å². The third-order valence-corrected chi connectivity index (χ3v) is 5.36. The number of nitrogens with zero attached hydrogens (tertiary/aromatic N) is 4. The zero-order chi connectivity index (χ0) is 19.7. The molecule has 1 aromatic carbocycles. The van der Waals surface area contributed by atoms with E-state index < -0.39 is 0 Å². The normalized spacial score (nSPS) is 15.6. The summed E-state index contributed by atoms with van der Waals surface area (Å²) in [5, 5.41) is 14.7. The summed E-state index contributed by atoms with van der Waals surface area (Å²) in [5.41, 5.74) is 6.19. The number of hydrogen-bond donors (Lipinski definition) is 1. The van der Waals surface area contributed by atoms with Crippen LogP contribution in [0.5, 0.6) is 0 Å². The standard InChI is InChI=1S/C21H25N5O2/c1-15-4-6-18(16(2)12-15)21-19(14-24-10-3-8-22-9-11-24)25-13-17(26(27)28)5-7-20(25)23-21/h4-7,12-13,22H,3,8-11,14H2,1-2H3. The molecule has 0 saturated carbocycles. The minimum atomic E-state index is -0.351. The summed E-state index contributed by atoms with van der Waals surface area (Å²) in [6, 6.07) is 9.61. The molecule has 7 nitrogen and oxygen atoms in total. The lowest BCUT2D eigenvalue weighted by molar-refractivity contribution is -0.385. The fraction of sp³-hybridized carbons (Fsp3) is 0.381. The number of hydrogen-bond acceptors (Lipinski definition) is 5. The number of imidazole rings is 1. The van der Waals surface area contributed by atoms with Gasteiger partial charge in [-0.2, -0.15) is 0 Å². The van der Waals surface area contributed by atoms with Gasteiger partial charge in [-0.15, -0.1) is 0 Å². The Bertz CT molecular complexity index is 1020. The highest BCUT2D eigenvalue weighted by Gasteiger charge is 2.20. The second kappa shape index (κ2) is 7.69. The summed E-state index contributed by atoms with van der Waals surface area (Å²) in [6.07, 6.45) is 2.69. The van der Waals surface area contributed by atoms with Crippen molar-refractivity contribution in [1.82, 2.24) is 19.6 Å². The lowest BCUT2D eigenvalue weighted by Crippen LogP contribution is -2.28. The maximum absolute atomic E-state index is 11.3. The summed E-state index contributed by atoms with van der Waals surface area (Å²) in [6.45, 7) is 8.82. The van der Waals surface area contributed by atoms with Crippen LogP contribution in [-0.2, 0) is 6.54 Å². The van der Waals surface area contributed by atoms with Crippen LogP contribution in [0.15, 0.2) is 36.5 Å². The molecule has 28 heavy (non-hydrogen) atoms. The van der Waals surface area contributed by atoms with Crippen molar-refractivity contribution in [2.75, 3.05) is 26.2 Å². The van der Waals surface area contributed by atoms with Gasteiger partial charge in [0.05, 0.1) is 22.5 Å². The molecule has 0 amide bonds. The molecule has 0 unspecified atom stereocenters. The van der Waals surface area contributed by atoms with Gasteiger partial charge in [-0.1, -0.05) is 23.8 Å². The number of nitro groups is 1. The smallest absolute Gasteiger partial charge is 0.286 e. The highest BCUT2D eigenvalue weighted by atomic mass is 16.6. The quantitative estimate of drug-likeness (QED) is 0.556. The van der Waals surface area contributed by atoms with Crippen LogP contribution in [0.25, 0.3) is 16.9 Å². The Morgan fingerprint density at radius 1 is 1.18 bits per heavy atom. The molecule has 3 aromatic rings. The molecular weight excluding hydrogens is 354 g/mol. The minimum Gasteiger partial charge on any atom is -0.315 e. The number of benzene rings is 1. The number of rotatable bonds is 4. The summed E-state index contributed by atoms with van der Waals surface area (Å²) < 4.78 is 1.89. The van der Waals surface area contributed by atoms with Crippen LogP contribution < -0.4 is 5.32 Å². The first-order valence-corrected chi connectivity index (χ1v) is 9.69. The van der Waals surface area contributed by atoms with E-state index in [4.69, 9.17) is 4.98 Å². The fourth-order valence-corrected chi connectivity index (χ4v) is 3.91. The molecule has 1 saturated heterocycles. The minimum absolute atomic E-state index is 0.0795. The van der Waals surface area contributed by atoms with Gasteiger partial charge in [0.1, 0.15) is 5.65 Å². The average Bonchev–Trinajstić information content (AvgIpc) is 2.83. The lowest BCUT2D eigenvalue weighted by Gasteiger charge is -2.20. The SMILES string of the molecule is Cc1ccc(-c2nc3ccc([N+](=O)[O-])cn3c2CN2CCCNCC2)c(C)c1. The van der Waals surface area contributed by atoms with E-state index in [1.165, 1.54) is 11.6 Å². The maximum Gasteiger partial charge on any atom is 0.286 e. The van der Waals surface area contributed by atoms with Gasteiger partial charge in [-0.25, -0.2) is 4.98 Å². The van der Waals surface area contributed by atoms with Gasteiger partial charge in [0.15, 0.2) is 0 Å². The van der Waals surface area contributed by atoms with E-state index in [0.717, 1.165) is 60.8 Å². The molecule has 1 fully saturated rings. The van der Waals surface area contributed by atoms with Crippen LogP contribution in [0, 0.1) is 24.0 Å². The zero-order valence-electron chi connectivity index (χ0n) is 16.3. The van der Waals surface area contributed by atoms with Crippen molar-refractivity contribution in [3.8, 4) is 11.3 Å². The average molecular weight is 379 g/mol. The molecule has 2 aromatic heterocycles. The molecule has 0 radical (unpaired) electrons. The van der Waals surface area contributed by atoms with Crippen LogP contribution in [0.1, 0.15) is 23.2 Å². The van der Waals surface area contributed by atoms with Gasteiger partial charge in [0.2, 0.25) is 0 Å². The van der Waals surface area contributed by atoms with Crippen molar-refractivity contribution in [2.45, 2.75) is 26.8 Å². The number of fused-ring (bicyclic) bond motifs is 1. The van der Waals surface area contributed by atoms with E-state index in [-0.39, 0.29) is 10.6 Å². The largest absolute Gasteiger partial charge is 0.315 e. The molecular formula is C21H25N5O2. The number of nitrogens with one attached hydrogen (secondary N) is 1. The van der Waals surface area contributed by atoms with Crippen molar-refractivity contribution in [2.24, 2.45) is 0 Å². The van der Waals surface area contributed by atoms with E-state index in [1.807, 2.05) is 4.40 Å². The van der Waals surface area contributed by atoms with Crippen molar-refractivity contribution >= 4 is 11.3 Å². The summed E-state index contributed by atoms with van der Waals surface area (Å²) in [5.74, 6) is 0. The number of aromatic nitrogens is 2. The Morgan fingerprint density at radius 2 is 2.04 bits per heavy atom. The second-order valence-corrected chi connectivity index (χ2v) is 7.48. The second-order valence-electron chi connectivity index (χ2n) is 7.48. The van der Waals surface area contributed by atoms with Crippen LogP contribution in [0.3, 0.4) is 0 Å². The molecule has 7 heteroatoms. The third kappa shape index (κ3) is 3.63. The zero-order valence-corrected chi connectivity index (χ0v) is 16.3. The van der Waals surface area contributed by atoms with Crippen LogP contribution in [0.4, 0.5) is 5.69 Å². The Labute approximate surface area is 164 Å². The molecule has 146 valence electrons. The third-order valence-electron chi connectivity index (χ3n) is 5.36. The predicted molar refractivity (Wildman–Crippen MR) is 110 cm³/mol. The van der Waals surface area contributed by atoms with Crippen molar-refractivity contribution in [3.63, 3.8) is 0 Å². The first-order chi connectivity index (χ1) is 13.5. The van der Waals surface area contributed by atoms with Crippen molar-refractivity contribution in [3.05, 3.63) is 63.5 Å².